The third-order valence-electron chi connectivity index (χ3n) is 2.05. The Labute approximate surface area is 82.0 Å². The molecule has 0 aromatic carbocycles. The maximum absolute atomic E-state index is 11.0. The molecule has 14 heavy (non-hydrogen) atoms. The van der Waals surface area contributed by atoms with E-state index in [2.05, 4.69) is 4.98 Å². The number of fused-ring (bicyclic) bond motifs is 1. The van der Waals surface area contributed by atoms with Gasteiger partial charge in [-0.15, -0.1) is 0 Å². The molecule has 0 radical (unpaired) electrons. The molecular weight excluding hydrogens is 178 g/mol. The summed E-state index contributed by atoms with van der Waals surface area (Å²) >= 11 is 0. The zero-order valence-electron chi connectivity index (χ0n) is 8.14. The van der Waals surface area contributed by atoms with E-state index >= 15 is 0 Å². The molecule has 0 N–H and O–H groups in total. The van der Waals surface area contributed by atoms with Crippen molar-refractivity contribution in [1.82, 2.24) is 4.98 Å². The average Bonchev–Trinajstić information content (AvgIpc) is 2.16. The van der Waals surface area contributed by atoms with E-state index in [-0.39, 0.29) is 0 Å². The number of hydrogen-bond acceptors (Lipinski definition) is 3. The lowest BCUT2D eigenvalue weighted by Crippen LogP contribution is -2.24. The van der Waals surface area contributed by atoms with Crippen LogP contribution in [0.3, 0.4) is 0 Å². The van der Waals surface area contributed by atoms with Crippen LogP contribution in [0.1, 0.15) is 0 Å². The first kappa shape index (κ1) is 8.74. The van der Waals surface area contributed by atoms with Gasteiger partial charge in [-0.25, -0.2) is 4.98 Å². The second kappa shape index (κ2) is 3.14. The van der Waals surface area contributed by atoms with E-state index in [0.29, 0.717) is 5.52 Å². The molecule has 0 spiro atoms. The molecule has 0 saturated carbocycles. The third kappa shape index (κ3) is 1.46. The fourth-order valence-corrected chi connectivity index (χ4v) is 1.29. The number of hydrogen-bond donors (Lipinski definition) is 0. The van der Waals surface area contributed by atoms with Crippen molar-refractivity contribution < 1.29 is 4.73 Å². The molecule has 2 heterocycles. The Morgan fingerprint density at radius 1 is 1.29 bits per heavy atom. The smallest absolute Gasteiger partial charge is 0.206 e. The Bertz CT molecular complexity index is 468. The zero-order valence-corrected chi connectivity index (χ0v) is 8.14. The van der Waals surface area contributed by atoms with Crippen LogP contribution in [0.15, 0.2) is 30.6 Å². The lowest BCUT2D eigenvalue weighted by atomic mass is 10.2. The van der Waals surface area contributed by atoms with Crippen LogP contribution in [0.4, 0.5) is 5.82 Å². The first-order valence-corrected chi connectivity index (χ1v) is 4.34. The van der Waals surface area contributed by atoms with Crippen molar-refractivity contribution in [2.24, 2.45) is 0 Å². The summed E-state index contributed by atoms with van der Waals surface area (Å²) < 4.78 is 0.759. The summed E-state index contributed by atoms with van der Waals surface area (Å²) in [5, 5.41) is 12.0. The maximum Gasteiger partial charge on any atom is 0.206 e. The summed E-state index contributed by atoms with van der Waals surface area (Å²) in [5.41, 5.74) is 0.716. The van der Waals surface area contributed by atoms with Gasteiger partial charge in [-0.05, 0) is 12.1 Å². The Kier molecular flexibility index (Phi) is 1.96. The predicted molar refractivity (Wildman–Crippen MR) is 55.0 cm³/mol. The van der Waals surface area contributed by atoms with Crippen LogP contribution in [0.2, 0.25) is 0 Å². The minimum atomic E-state index is 0.716. The summed E-state index contributed by atoms with van der Waals surface area (Å²) in [6, 6.07) is 5.64. The molecule has 2 aromatic heterocycles. The van der Waals surface area contributed by atoms with Crippen LogP contribution in [-0.2, 0) is 0 Å². The van der Waals surface area contributed by atoms with Crippen molar-refractivity contribution in [1.29, 1.82) is 0 Å². The van der Waals surface area contributed by atoms with Gasteiger partial charge in [0.25, 0.3) is 0 Å². The molecule has 4 nitrogen and oxygen atoms in total. The van der Waals surface area contributed by atoms with E-state index in [0.717, 1.165) is 15.9 Å². The lowest BCUT2D eigenvalue weighted by Gasteiger charge is -2.10. The van der Waals surface area contributed by atoms with Crippen molar-refractivity contribution in [2.75, 3.05) is 19.0 Å². The van der Waals surface area contributed by atoms with Gasteiger partial charge in [0.1, 0.15) is 11.3 Å². The summed E-state index contributed by atoms with van der Waals surface area (Å²) in [7, 11) is 3.84. The largest absolute Gasteiger partial charge is 0.619 e. The van der Waals surface area contributed by atoms with Crippen LogP contribution < -0.4 is 9.63 Å². The highest BCUT2D eigenvalue weighted by Gasteiger charge is 2.02. The fraction of sp³-hybridized carbons (Fsp3) is 0.200. The van der Waals surface area contributed by atoms with E-state index in [4.69, 9.17) is 0 Å². The predicted octanol–water partition coefficient (Wildman–Crippen LogP) is 0.934. The zero-order chi connectivity index (χ0) is 10.1. The van der Waals surface area contributed by atoms with Crippen LogP contribution in [-0.4, -0.2) is 19.1 Å². The van der Waals surface area contributed by atoms with E-state index in [9.17, 15) is 5.21 Å². The van der Waals surface area contributed by atoms with Crippen molar-refractivity contribution in [3.8, 4) is 0 Å². The molecule has 0 fully saturated rings. The molecule has 72 valence electrons. The first-order chi connectivity index (χ1) is 6.66. The number of pyridine rings is 2. The Morgan fingerprint density at radius 2 is 2.07 bits per heavy atom. The van der Waals surface area contributed by atoms with E-state index in [1.54, 1.807) is 6.07 Å². The van der Waals surface area contributed by atoms with Crippen LogP contribution >= 0.6 is 0 Å². The fourth-order valence-electron chi connectivity index (χ4n) is 1.29. The molecular formula is C10H11N3O. The van der Waals surface area contributed by atoms with Gasteiger partial charge in [0.05, 0.1) is 0 Å². The lowest BCUT2D eigenvalue weighted by molar-refractivity contribution is -0.604. The highest BCUT2D eigenvalue weighted by atomic mass is 16.5. The molecule has 2 rings (SSSR count). The quantitative estimate of drug-likeness (QED) is 0.495. The molecule has 0 aliphatic carbocycles. The van der Waals surface area contributed by atoms with Gasteiger partial charge in [-0.2, -0.15) is 4.73 Å². The van der Waals surface area contributed by atoms with Gasteiger partial charge < -0.3 is 10.1 Å². The monoisotopic (exact) mass is 189 g/mol. The minimum absolute atomic E-state index is 0.716. The molecule has 0 atom stereocenters. The average molecular weight is 189 g/mol. The first-order valence-electron chi connectivity index (χ1n) is 4.34. The number of rotatable bonds is 1. The minimum Gasteiger partial charge on any atom is -0.619 e. The van der Waals surface area contributed by atoms with E-state index in [1.165, 1.54) is 12.4 Å². The number of anilines is 1. The Balaban J connectivity index is 2.63. The van der Waals surface area contributed by atoms with E-state index in [1.807, 2.05) is 31.1 Å². The highest BCUT2D eigenvalue weighted by Crippen LogP contribution is 2.14. The van der Waals surface area contributed by atoms with Gasteiger partial charge in [-0.1, -0.05) is 0 Å². The summed E-state index contributed by atoms with van der Waals surface area (Å²) in [5.74, 6) is 0.851. The molecule has 0 saturated heterocycles. The van der Waals surface area contributed by atoms with Crippen LogP contribution in [0.5, 0.6) is 0 Å². The normalized spacial score (nSPS) is 10.4. The van der Waals surface area contributed by atoms with Gasteiger partial charge in [0.2, 0.25) is 6.20 Å². The van der Waals surface area contributed by atoms with E-state index < -0.39 is 0 Å². The summed E-state index contributed by atoms with van der Waals surface area (Å²) in [4.78, 5) is 6.24. The van der Waals surface area contributed by atoms with Gasteiger partial charge in [-0.3, -0.25) is 0 Å². The van der Waals surface area contributed by atoms with Crippen LogP contribution in [0.25, 0.3) is 10.9 Å². The summed E-state index contributed by atoms with van der Waals surface area (Å²) in [6.45, 7) is 0. The third-order valence-corrected chi connectivity index (χ3v) is 2.05. The SMILES string of the molecule is CN(C)c1ccc2cc[n+]([O-])cc2n1. The van der Waals surface area contributed by atoms with Gasteiger partial charge in [0, 0.05) is 25.5 Å². The molecule has 0 amide bonds. The summed E-state index contributed by atoms with van der Waals surface area (Å²) in [6.07, 6.45) is 2.95. The van der Waals surface area contributed by atoms with Crippen LogP contribution in [0, 0.1) is 5.21 Å². The number of nitrogens with zero attached hydrogens (tertiary/aromatic N) is 3. The van der Waals surface area contributed by atoms with Gasteiger partial charge >= 0.3 is 0 Å². The number of aromatic nitrogens is 2. The molecule has 0 unspecified atom stereocenters. The molecule has 2 aromatic rings. The highest BCUT2D eigenvalue weighted by molar-refractivity contribution is 5.78. The molecule has 0 bridgehead atoms. The van der Waals surface area contributed by atoms with Gasteiger partial charge in [0.15, 0.2) is 6.20 Å². The Hall–Kier alpha value is -1.84. The topological polar surface area (TPSA) is 43.1 Å². The van der Waals surface area contributed by atoms with Crippen molar-refractivity contribution >= 4 is 16.7 Å². The van der Waals surface area contributed by atoms with Crippen molar-refractivity contribution in [3.63, 3.8) is 0 Å². The molecule has 4 heteroatoms. The second-order valence-electron chi connectivity index (χ2n) is 3.34. The van der Waals surface area contributed by atoms with Crippen molar-refractivity contribution in [2.45, 2.75) is 0 Å². The van der Waals surface area contributed by atoms with Crippen molar-refractivity contribution in [3.05, 3.63) is 35.8 Å². The molecule has 0 aliphatic heterocycles. The maximum atomic E-state index is 11.0. The second-order valence-corrected chi connectivity index (χ2v) is 3.34. The Morgan fingerprint density at radius 3 is 2.79 bits per heavy atom. The standard InChI is InChI=1S/C10H11N3O/c1-12(2)10-4-3-8-5-6-13(14)7-9(8)11-10/h3-7H,1-2H3. The molecule has 0 aliphatic rings.